The minimum atomic E-state index is -3.50. The van der Waals surface area contributed by atoms with Crippen molar-refractivity contribution in [3.63, 3.8) is 0 Å². The minimum absolute atomic E-state index is 0.0325. The van der Waals surface area contributed by atoms with Gasteiger partial charge >= 0.3 is 0 Å². The molecular weight excluding hydrogens is 395 g/mol. The van der Waals surface area contributed by atoms with Gasteiger partial charge < -0.3 is 9.64 Å². The first kappa shape index (κ1) is 19.8. The molecule has 1 amide bonds. The average Bonchev–Trinajstić information content (AvgIpc) is 3.28. The van der Waals surface area contributed by atoms with Crippen molar-refractivity contribution in [2.75, 3.05) is 31.1 Å². The Balaban J connectivity index is 1.52. The van der Waals surface area contributed by atoms with Crippen molar-refractivity contribution in [2.45, 2.75) is 30.6 Å². The molecule has 29 heavy (non-hydrogen) atoms. The quantitative estimate of drug-likeness (QED) is 0.749. The zero-order valence-corrected chi connectivity index (χ0v) is 16.8. The monoisotopic (exact) mass is 418 g/mol. The van der Waals surface area contributed by atoms with Crippen LogP contribution in [0.4, 0.5) is 10.1 Å². The van der Waals surface area contributed by atoms with E-state index in [0.29, 0.717) is 31.7 Å². The second-order valence-corrected chi connectivity index (χ2v) is 9.21. The van der Waals surface area contributed by atoms with E-state index in [1.165, 1.54) is 16.4 Å². The molecule has 0 aromatic heterocycles. The largest absolute Gasteiger partial charge is 0.481 e. The Morgan fingerprint density at radius 1 is 1.03 bits per heavy atom. The normalized spacial score (nSPS) is 17.2. The third-order valence-electron chi connectivity index (χ3n) is 5.36. The maximum atomic E-state index is 13.7. The molecule has 0 N–H and O–H groups in total. The van der Waals surface area contributed by atoms with Gasteiger partial charge in [-0.05, 0) is 61.6 Å². The van der Waals surface area contributed by atoms with Crippen LogP contribution in [-0.4, -0.2) is 44.9 Å². The summed E-state index contributed by atoms with van der Waals surface area (Å²) in [6.45, 7) is 1.34. The number of ether oxygens (including phenoxy) is 1. The third-order valence-corrected chi connectivity index (χ3v) is 7.26. The van der Waals surface area contributed by atoms with E-state index in [0.717, 1.165) is 24.8 Å². The van der Waals surface area contributed by atoms with Crippen LogP contribution in [0.2, 0.25) is 0 Å². The number of carbonyl (C=O) groups is 1. The molecule has 2 heterocycles. The number of fused-ring (bicyclic) bond motifs is 1. The summed E-state index contributed by atoms with van der Waals surface area (Å²) in [4.78, 5) is 14.6. The van der Waals surface area contributed by atoms with Gasteiger partial charge in [0.15, 0.2) is 18.2 Å². The van der Waals surface area contributed by atoms with Gasteiger partial charge in [0.2, 0.25) is 10.0 Å². The second-order valence-electron chi connectivity index (χ2n) is 7.27. The SMILES string of the molecule is O=C(COc1ccccc1F)N1CCCc2cc(S(=O)(=O)N3CCCC3)ccc21. The fourth-order valence-electron chi connectivity index (χ4n) is 3.85. The Labute approximate surface area is 169 Å². The molecule has 2 aromatic carbocycles. The highest BCUT2D eigenvalue weighted by Gasteiger charge is 2.29. The second kappa shape index (κ2) is 8.12. The molecular formula is C21H23FN2O4S. The molecule has 2 aliphatic rings. The number of sulfonamides is 1. The predicted octanol–water partition coefficient (Wildman–Crippen LogP) is 2.97. The first-order chi connectivity index (χ1) is 14.0. The molecule has 2 aliphatic heterocycles. The number of rotatable bonds is 5. The molecule has 0 saturated carbocycles. The molecule has 1 fully saturated rings. The van der Waals surface area contributed by atoms with Crippen LogP contribution in [0.1, 0.15) is 24.8 Å². The van der Waals surface area contributed by atoms with Gasteiger partial charge in [0, 0.05) is 25.3 Å². The van der Waals surface area contributed by atoms with Crippen molar-refractivity contribution >= 4 is 21.6 Å². The molecule has 0 unspecified atom stereocenters. The van der Waals surface area contributed by atoms with Gasteiger partial charge in [-0.2, -0.15) is 4.31 Å². The lowest BCUT2D eigenvalue weighted by molar-refractivity contribution is -0.120. The Morgan fingerprint density at radius 2 is 1.79 bits per heavy atom. The van der Waals surface area contributed by atoms with Crippen LogP contribution in [0.3, 0.4) is 0 Å². The highest BCUT2D eigenvalue weighted by molar-refractivity contribution is 7.89. The van der Waals surface area contributed by atoms with Crippen molar-refractivity contribution < 1.29 is 22.3 Å². The van der Waals surface area contributed by atoms with Crippen molar-refractivity contribution in [3.05, 3.63) is 53.8 Å². The summed E-state index contributed by atoms with van der Waals surface area (Å²) < 4.78 is 46.2. The number of amides is 1. The van der Waals surface area contributed by atoms with Crippen LogP contribution in [0.25, 0.3) is 0 Å². The van der Waals surface area contributed by atoms with E-state index < -0.39 is 15.8 Å². The summed E-state index contributed by atoms with van der Waals surface area (Å²) in [6, 6.07) is 10.9. The molecule has 0 atom stereocenters. The van der Waals surface area contributed by atoms with Crippen LogP contribution in [0.5, 0.6) is 5.75 Å². The van der Waals surface area contributed by atoms with Crippen molar-refractivity contribution in [3.8, 4) is 5.75 Å². The Bertz CT molecular complexity index is 1020. The van der Waals surface area contributed by atoms with Crippen LogP contribution in [-0.2, 0) is 21.2 Å². The lowest BCUT2D eigenvalue weighted by Gasteiger charge is -2.30. The molecule has 0 bridgehead atoms. The maximum absolute atomic E-state index is 13.7. The number of benzene rings is 2. The standard InChI is InChI=1S/C21H23FN2O4S/c22-18-7-1-2-8-20(18)28-15-21(25)24-13-5-6-16-14-17(9-10-19(16)24)29(26,27)23-11-3-4-12-23/h1-2,7-10,14H,3-6,11-13,15H2. The van der Waals surface area contributed by atoms with E-state index in [9.17, 15) is 17.6 Å². The zero-order chi connectivity index (χ0) is 20.4. The van der Waals surface area contributed by atoms with E-state index in [1.807, 2.05) is 0 Å². The maximum Gasteiger partial charge on any atom is 0.264 e. The molecule has 0 radical (unpaired) electrons. The van der Waals surface area contributed by atoms with E-state index in [4.69, 9.17) is 4.74 Å². The van der Waals surface area contributed by atoms with Crippen LogP contribution in [0.15, 0.2) is 47.4 Å². The predicted molar refractivity (Wildman–Crippen MR) is 107 cm³/mol. The molecule has 0 spiro atoms. The summed E-state index contributed by atoms with van der Waals surface area (Å²) in [5, 5.41) is 0. The Morgan fingerprint density at radius 3 is 2.55 bits per heavy atom. The minimum Gasteiger partial charge on any atom is -0.481 e. The summed E-state index contributed by atoms with van der Waals surface area (Å²) in [7, 11) is -3.50. The molecule has 1 saturated heterocycles. The fraction of sp³-hybridized carbons (Fsp3) is 0.381. The van der Waals surface area contributed by atoms with Crippen molar-refractivity contribution in [2.24, 2.45) is 0 Å². The van der Waals surface area contributed by atoms with Gasteiger partial charge in [-0.15, -0.1) is 0 Å². The number of aryl methyl sites for hydroxylation is 1. The number of halogens is 1. The van der Waals surface area contributed by atoms with Crippen LogP contribution >= 0.6 is 0 Å². The lowest BCUT2D eigenvalue weighted by atomic mass is 10.0. The van der Waals surface area contributed by atoms with Gasteiger partial charge in [0.25, 0.3) is 5.91 Å². The smallest absolute Gasteiger partial charge is 0.264 e. The first-order valence-electron chi connectivity index (χ1n) is 9.77. The zero-order valence-electron chi connectivity index (χ0n) is 16.0. The highest BCUT2D eigenvalue weighted by Crippen LogP contribution is 2.31. The molecule has 154 valence electrons. The summed E-state index contributed by atoms with van der Waals surface area (Å²) >= 11 is 0. The lowest BCUT2D eigenvalue weighted by Crippen LogP contribution is -2.39. The molecule has 0 aliphatic carbocycles. The average molecular weight is 418 g/mol. The number of hydrogen-bond acceptors (Lipinski definition) is 4. The van der Waals surface area contributed by atoms with Crippen molar-refractivity contribution in [1.29, 1.82) is 0 Å². The summed E-state index contributed by atoms with van der Waals surface area (Å²) in [5.74, 6) is -0.773. The number of anilines is 1. The number of carbonyl (C=O) groups excluding carboxylic acids is 1. The van der Waals surface area contributed by atoms with Gasteiger partial charge in [-0.25, -0.2) is 12.8 Å². The van der Waals surface area contributed by atoms with Gasteiger partial charge in [-0.3, -0.25) is 4.79 Å². The van der Waals surface area contributed by atoms with E-state index >= 15 is 0 Å². The Kier molecular flexibility index (Phi) is 5.56. The number of para-hydroxylation sites is 1. The molecule has 6 nitrogen and oxygen atoms in total. The number of hydrogen-bond donors (Lipinski definition) is 0. The van der Waals surface area contributed by atoms with Crippen LogP contribution in [0, 0.1) is 5.82 Å². The van der Waals surface area contributed by atoms with Crippen LogP contribution < -0.4 is 9.64 Å². The first-order valence-corrected chi connectivity index (χ1v) is 11.2. The third kappa shape index (κ3) is 4.00. The molecule has 8 heteroatoms. The highest BCUT2D eigenvalue weighted by atomic mass is 32.2. The topological polar surface area (TPSA) is 66.9 Å². The summed E-state index contributed by atoms with van der Waals surface area (Å²) in [6.07, 6.45) is 3.20. The van der Waals surface area contributed by atoms with E-state index in [1.54, 1.807) is 35.2 Å². The van der Waals surface area contributed by atoms with Gasteiger partial charge in [-0.1, -0.05) is 12.1 Å². The summed E-state index contributed by atoms with van der Waals surface area (Å²) in [5.41, 5.74) is 1.52. The number of nitrogens with zero attached hydrogens (tertiary/aromatic N) is 2. The van der Waals surface area contributed by atoms with Gasteiger partial charge in [0.05, 0.1) is 4.90 Å². The fourth-order valence-corrected chi connectivity index (χ4v) is 5.42. The molecule has 4 rings (SSSR count). The van der Waals surface area contributed by atoms with Gasteiger partial charge in [0.1, 0.15) is 0 Å². The van der Waals surface area contributed by atoms with E-state index in [-0.39, 0.29) is 23.2 Å². The Hall–Kier alpha value is -2.45. The molecule has 2 aromatic rings. The van der Waals surface area contributed by atoms with E-state index in [2.05, 4.69) is 0 Å². The van der Waals surface area contributed by atoms with Crippen molar-refractivity contribution in [1.82, 2.24) is 4.31 Å².